The Balaban J connectivity index is 1.99. The van der Waals surface area contributed by atoms with E-state index in [2.05, 4.69) is 64.2 Å². The summed E-state index contributed by atoms with van der Waals surface area (Å²) in [6.07, 6.45) is 5.41. The minimum atomic E-state index is 0.135. The molecule has 0 heterocycles. The standard InChI is InChI=1S/C18H29N/c1-17(2,3)19-16-8-6-14(7-9-16)15-10-12-18(4,5)13-11-15/h6-9,15,19H,10-13H2,1-5H3. The van der Waals surface area contributed by atoms with E-state index < -0.39 is 0 Å². The second-order valence-corrected chi connectivity index (χ2v) is 7.94. The van der Waals surface area contributed by atoms with Crippen LogP contribution in [0, 0.1) is 5.41 Å². The van der Waals surface area contributed by atoms with Gasteiger partial charge in [0.1, 0.15) is 0 Å². The molecule has 2 rings (SSSR count). The molecule has 1 aliphatic rings. The lowest BCUT2D eigenvalue weighted by molar-refractivity contribution is 0.224. The van der Waals surface area contributed by atoms with Crippen molar-refractivity contribution < 1.29 is 0 Å². The lowest BCUT2D eigenvalue weighted by Gasteiger charge is -2.34. The zero-order valence-corrected chi connectivity index (χ0v) is 13.2. The molecular formula is C18H29N. The van der Waals surface area contributed by atoms with E-state index in [0.717, 1.165) is 5.92 Å². The summed E-state index contributed by atoms with van der Waals surface area (Å²) in [7, 11) is 0. The summed E-state index contributed by atoms with van der Waals surface area (Å²) < 4.78 is 0. The zero-order chi connectivity index (χ0) is 14.1. The molecule has 0 radical (unpaired) electrons. The number of hydrogen-bond donors (Lipinski definition) is 1. The van der Waals surface area contributed by atoms with Gasteiger partial charge in [-0.25, -0.2) is 0 Å². The van der Waals surface area contributed by atoms with Gasteiger partial charge < -0.3 is 5.32 Å². The maximum atomic E-state index is 3.52. The minimum absolute atomic E-state index is 0.135. The second-order valence-electron chi connectivity index (χ2n) is 7.94. The van der Waals surface area contributed by atoms with E-state index in [9.17, 15) is 0 Å². The van der Waals surface area contributed by atoms with Crippen molar-refractivity contribution in [1.29, 1.82) is 0 Å². The summed E-state index contributed by atoms with van der Waals surface area (Å²) in [6, 6.07) is 9.11. The first-order valence-electron chi connectivity index (χ1n) is 7.63. The molecule has 0 amide bonds. The molecule has 1 aliphatic carbocycles. The molecule has 1 heteroatoms. The van der Waals surface area contributed by atoms with Crippen molar-refractivity contribution in [1.82, 2.24) is 0 Å². The highest BCUT2D eigenvalue weighted by molar-refractivity contribution is 5.47. The molecule has 0 saturated heterocycles. The zero-order valence-electron chi connectivity index (χ0n) is 13.2. The highest BCUT2D eigenvalue weighted by Gasteiger charge is 2.27. The van der Waals surface area contributed by atoms with Crippen LogP contribution in [0.15, 0.2) is 24.3 Å². The lowest BCUT2D eigenvalue weighted by atomic mass is 9.71. The average Bonchev–Trinajstić information content (AvgIpc) is 2.28. The average molecular weight is 259 g/mol. The predicted molar refractivity (Wildman–Crippen MR) is 84.8 cm³/mol. The van der Waals surface area contributed by atoms with Crippen LogP contribution in [0.1, 0.15) is 71.8 Å². The van der Waals surface area contributed by atoms with Crippen LogP contribution in [-0.4, -0.2) is 5.54 Å². The first kappa shape index (κ1) is 14.4. The molecule has 0 unspecified atom stereocenters. The van der Waals surface area contributed by atoms with Gasteiger partial charge in [-0.3, -0.25) is 0 Å². The van der Waals surface area contributed by atoms with E-state index in [0.29, 0.717) is 5.41 Å². The predicted octanol–water partition coefficient (Wildman–Crippen LogP) is 5.58. The van der Waals surface area contributed by atoms with Crippen molar-refractivity contribution in [2.75, 3.05) is 5.32 Å². The Bertz CT molecular complexity index is 398. The van der Waals surface area contributed by atoms with Crippen molar-refractivity contribution in [2.45, 2.75) is 71.8 Å². The van der Waals surface area contributed by atoms with E-state index >= 15 is 0 Å². The minimum Gasteiger partial charge on any atom is -0.380 e. The molecule has 0 spiro atoms. The van der Waals surface area contributed by atoms with Crippen molar-refractivity contribution in [2.24, 2.45) is 5.41 Å². The molecule has 0 atom stereocenters. The molecular weight excluding hydrogens is 230 g/mol. The molecule has 1 saturated carbocycles. The van der Waals surface area contributed by atoms with Crippen LogP contribution in [0.4, 0.5) is 5.69 Å². The van der Waals surface area contributed by atoms with Gasteiger partial charge in [-0.2, -0.15) is 0 Å². The first-order valence-corrected chi connectivity index (χ1v) is 7.63. The van der Waals surface area contributed by atoms with Crippen molar-refractivity contribution in [3.8, 4) is 0 Å². The third-order valence-electron chi connectivity index (χ3n) is 4.24. The normalized spacial score (nSPS) is 20.3. The summed E-state index contributed by atoms with van der Waals surface area (Å²) in [6.45, 7) is 11.4. The topological polar surface area (TPSA) is 12.0 Å². The molecule has 1 nitrogen and oxygen atoms in total. The largest absolute Gasteiger partial charge is 0.380 e. The van der Waals surface area contributed by atoms with Gasteiger partial charge >= 0.3 is 0 Å². The summed E-state index contributed by atoms with van der Waals surface area (Å²) in [5, 5.41) is 3.52. The maximum absolute atomic E-state index is 3.52. The number of nitrogens with one attached hydrogen (secondary N) is 1. The quantitative estimate of drug-likeness (QED) is 0.731. The summed E-state index contributed by atoms with van der Waals surface area (Å²) in [5.41, 5.74) is 3.45. The van der Waals surface area contributed by atoms with E-state index in [4.69, 9.17) is 0 Å². The van der Waals surface area contributed by atoms with Gasteiger partial charge in [0, 0.05) is 11.2 Å². The molecule has 1 fully saturated rings. The van der Waals surface area contributed by atoms with E-state index in [1.54, 1.807) is 0 Å². The number of anilines is 1. The Morgan fingerprint density at radius 3 is 2.00 bits per heavy atom. The monoisotopic (exact) mass is 259 g/mol. The molecule has 1 N–H and O–H groups in total. The Hall–Kier alpha value is -0.980. The number of rotatable bonds is 2. The third kappa shape index (κ3) is 4.26. The molecule has 19 heavy (non-hydrogen) atoms. The highest BCUT2D eigenvalue weighted by atomic mass is 14.9. The van der Waals surface area contributed by atoms with Gasteiger partial charge in [-0.15, -0.1) is 0 Å². The maximum Gasteiger partial charge on any atom is 0.0344 e. The van der Waals surface area contributed by atoms with Crippen LogP contribution in [0.5, 0.6) is 0 Å². The lowest BCUT2D eigenvalue weighted by Crippen LogP contribution is -2.26. The van der Waals surface area contributed by atoms with Crippen LogP contribution < -0.4 is 5.32 Å². The van der Waals surface area contributed by atoms with E-state index in [1.165, 1.54) is 36.9 Å². The smallest absolute Gasteiger partial charge is 0.0344 e. The second kappa shape index (κ2) is 5.19. The SMILES string of the molecule is CC1(C)CCC(c2ccc(NC(C)(C)C)cc2)CC1. The van der Waals surface area contributed by atoms with Crippen molar-refractivity contribution in [3.63, 3.8) is 0 Å². The molecule has 106 valence electrons. The Labute approximate surface area is 118 Å². The Morgan fingerprint density at radius 2 is 1.53 bits per heavy atom. The van der Waals surface area contributed by atoms with Crippen LogP contribution in [-0.2, 0) is 0 Å². The molecule has 1 aromatic rings. The summed E-state index contributed by atoms with van der Waals surface area (Å²) in [4.78, 5) is 0. The van der Waals surface area contributed by atoms with Gasteiger partial charge in [0.25, 0.3) is 0 Å². The highest BCUT2D eigenvalue weighted by Crippen LogP contribution is 2.42. The third-order valence-corrected chi connectivity index (χ3v) is 4.24. The van der Waals surface area contributed by atoms with E-state index in [1.807, 2.05) is 0 Å². The van der Waals surface area contributed by atoms with Gasteiger partial charge in [0.15, 0.2) is 0 Å². The molecule has 0 aliphatic heterocycles. The molecule has 1 aromatic carbocycles. The first-order chi connectivity index (χ1) is 8.75. The number of hydrogen-bond acceptors (Lipinski definition) is 1. The number of benzene rings is 1. The van der Waals surface area contributed by atoms with Crippen molar-refractivity contribution in [3.05, 3.63) is 29.8 Å². The summed E-state index contributed by atoms with van der Waals surface area (Å²) in [5.74, 6) is 0.775. The van der Waals surface area contributed by atoms with Crippen LogP contribution in [0.25, 0.3) is 0 Å². The van der Waals surface area contributed by atoms with Crippen LogP contribution in [0.2, 0.25) is 0 Å². The van der Waals surface area contributed by atoms with Crippen molar-refractivity contribution >= 4 is 5.69 Å². The van der Waals surface area contributed by atoms with E-state index in [-0.39, 0.29) is 5.54 Å². The fourth-order valence-electron chi connectivity index (χ4n) is 3.00. The molecule has 0 aromatic heterocycles. The van der Waals surface area contributed by atoms with Gasteiger partial charge in [0.2, 0.25) is 0 Å². The Kier molecular flexibility index (Phi) is 3.94. The fraction of sp³-hybridized carbons (Fsp3) is 0.667. The van der Waals surface area contributed by atoms with Gasteiger partial charge in [-0.1, -0.05) is 26.0 Å². The summed E-state index contributed by atoms with van der Waals surface area (Å²) >= 11 is 0. The van der Waals surface area contributed by atoms with Crippen LogP contribution in [0.3, 0.4) is 0 Å². The Morgan fingerprint density at radius 1 is 1.00 bits per heavy atom. The van der Waals surface area contributed by atoms with Crippen LogP contribution >= 0.6 is 0 Å². The molecule has 0 bridgehead atoms. The fourth-order valence-corrected chi connectivity index (χ4v) is 3.00. The van der Waals surface area contributed by atoms with Gasteiger partial charge in [-0.05, 0) is 75.5 Å². The van der Waals surface area contributed by atoms with Gasteiger partial charge in [0.05, 0.1) is 0 Å².